The highest BCUT2D eigenvalue weighted by atomic mass is 16.5. The van der Waals surface area contributed by atoms with Crippen LogP contribution in [0.15, 0.2) is 6.07 Å². The summed E-state index contributed by atoms with van der Waals surface area (Å²) < 4.78 is 4.54. The summed E-state index contributed by atoms with van der Waals surface area (Å²) in [5, 5.41) is 6.76. The van der Waals surface area contributed by atoms with Crippen LogP contribution in [-0.2, 0) is 16.0 Å². The lowest BCUT2D eigenvalue weighted by Gasteiger charge is -2.14. The smallest absolute Gasteiger partial charge is 0.305 e. The third-order valence-electron chi connectivity index (χ3n) is 2.68. The van der Waals surface area contributed by atoms with Crippen LogP contribution >= 0.6 is 0 Å². The van der Waals surface area contributed by atoms with Crippen LogP contribution in [-0.4, -0.2) is 47.7 Å². The fourth-order valence-electron chi connectivity index (χ4n) is 1.51. The molecule has 1 heterocycles. The van der Waals surface area contributed by atoms with Crippen molar-refractivity contribution in [2.24, 2.45) is 0 Å². The van der Waals surface area contributed by atoms with Gasteiger partial charge in [-0.05, 0) is 18.9 Å². The molecule has 0 bridgehead atoms. The van der Waals surface area contributed by atoms with Gasteiger partial charge in [-0.3, -0.25) is 14.7 Å². The quantitative estimate of drug-likeness (QED) is 0.767. The van der Waals surface area contributed by atoms with Crippen molar-refractivity contribution in [1.82, 2.24) is 15.1 Å². The predicted molar refractivity (Wildman–Crippen MR) is 66.2 cm³/mol. The molecule has 1 N–H and O–H groups in total. The standard InChI is InChI=1S/C12H19N3O3/c1-4-9-8-10(14-13-9)12(17)15(2)7-5-6-11(16)18-3/h8H,4-7H2,1-3H3,(H,13,14). The summed E-state index contributed by atoms with van der Waals surface area (Å²) in [6, 6.07) is 1.75. The molecule has 0 radical (unpaired) electrons. The molecule has 0 saturated carbocycles. The van der Waals surface area contributed by atoms with Crippen LogP contribution in [0.4, 0.5) is 0 Å². The number of esters is 1. The van der Waals surface area contributed by atoms with Crippen molar-refractivity contribution < 1.29 is 14.3 Å². The number of aromatic amines is 1. The first kappa shape index (κ1) is 14.2. The van der Waals surface area contributed by atoms with Crippen LogP contribution in [0.25, 0.3) is 0 Å². The zero-order valence-corrected chi connectivity index (χ0v) is 11.0. The Bertz CT molecular complexity index is 414. The van der Waals surface area contributed by atoms with Gasteiger partial charge in [0.2, 0.25) is 0 Å². The largest absolute Gasteiger partial charge is 0.469 e. The molecule has 0 aliphatic rings. The number of nitrogens with zero attached hydrogens (tertiary/aromatic N) is 2. The van der Waals surface area contributed by atoms with Crippen molar-refractivity contribution in [3.63, 3.8) is 0 Å². The van der Waals surface area contributed by atoms with E-state index in [1.54, 1.807) is 18.0 Å². The summed E-state index contributed by atoms with van der Waals surface area (Å²) in [6.45, 7) is 2.49. The molecule has 0 aliphatic heterocycles. The fraction of sp³-hybridized carbons (Fsp3) is 0.583. The summed E-state index contributed by atoms with van der Waals surface area (Å²) in [5.74, 6) is -0.403. The molecular formula is C12H19N3O3. The molecule has 18 heavy (non-hydrogen) atoms. The first-order valence-electron chi connectivity index (χ1n) is 5.95. The van der Waals surface area contributed by atoms with Crippen molar-refractivity contribution >= 4 is 11.9 Å². The Kier molecular flexibility index (Phi) is 5.35. The van der Waals surface area contributed by atoms with Crippen molar-refractivity contribution in [2.75, 3.05) is 20.7 Å². The van der Waals surface area contributed by atoms with Gasteiger partial charge in [0.05, 0.1) is 7.11 Å². The lowest BCUT2D eigenvalue weighted by Crippen LogP contribution is -2.28. The number of ether oxygens (including phenoxy) is 1. The number of rotatable bonds is 6. The summed E-state index contributed by atoms with van der Waals surface area (Å²) in [7, 11) is 3.05. The number of carbonyl (C=O) groups excluding carboxylic acids is 2. The van der Waals surface area contributed by atoms with Gasteiger partial charge in [0.25, 0.3) is 5.91 Å². The van der Waals surface area contributed by atoms with Crippen LogP contribution in [0, 0.1) is 0 Å². The average molecular weight is 253 g/mol. The number of aryl methyl sites for hydroxylation is 1. The SMILES string of the molecule is CCc1cc(C(=O)N(C)CCCC(=O)OC)n[nH]1. The van der Waals surface area contributed by atoms with Crippen molar-refractivity contribution in [3.05, 3.63) is 17.5 Å². The van der Waals surface area contributed by atoms with Gasteiger partial charge in [0.15, 0.2) is 0 Å². The fourth-order valence-corrected chi connectivity index (χ4v) is 1.51. The van der Waals surface area contributed by atoms with Gasteiger partial charge in [-0.2, -0.15) is 5.10 Å². The second kappa shape index (κ2) is 6.78. The highest BCUT2D eigenvalue weighted by Crippen LogP contribution is 2.05. The average Bonchev–Trinajstić information content (AvgIpc) is 2.86. The lowest BCUT2D eigenvalue weighted by molar-refractivity contribution is -0.140. The molecule has 0 fully saturated rings. The Morgan fingerprint density at radius 1 is 1.50 bits per heavy atom. The number of amides is 1. The van der Waals surface area contributed by atoms with Crippen LogP contribution in [0.3, 0.4) is 0 Å². The minimum atomic E-state index is -0.260. The van der Waals surface area contributed by atoms with Gasteiger partial charge in [-0.25, -0.2) is 0 Å². The summed E-state index contributed by atoms with van der Waals surface area (Å²) >= 11 is 0. The summed E-state index contributed by atoms with van der Waals surface area (Å²) in [4.78, 5) is 24.4. The highest BCUT2D eigenvalue weighted by Gasteiger charge is 2.15. The molecule has 1 aromatic rings. The van der Waals surface area contributed by atoms with E-state index in [4.69, 9.17) is 0 Å². The Morgan fingerprint density at radius 3 is 2.78 bits per heavy atom. The molecule has 1 aromatic heterocycles. The normalized spacial score (nSPS) is 10.2. The second-order valence-electron chi connectivity index (χ2n) is 4.04. The topological polar surface area (TPSA) is 75.3 Å². The van der Waals surface area contributed by atoms with E-state index < -0.39 is 0 Å². The van der Waals surface area contributed by atoms with Gasteiger partial charge < -0.3 is 9.64 Å². The maximum absolute atomic E-state index is 11.9. The Morgan fingerprint density at radius 2 is 2.22 bits per heavy atom. The molecule has 0 aromatic carbocycles. The third-order valence-corrected chi connectivity index (χ3v) is 2.68. The molecule has 1 rings (SSSR count). The first-order valence-corrected chi connectivity index (χ1v) is 5.95. The van der Waals surface area contributed by atoms with Crippen LogP contribution < -0.4 is 0 Å². The minimum absolute atomic E-state index is 0.143. The van der Waals surface area contributed by atoms with E-state index in [1.165, 1.54) is 7.11 Å². The number of hydrogen-bond donors (Lipinski definition) is 1. The number of H-pyrrole nitrogens is 1. The summed E-state index contributed by atoms with van der Waals surface area (Å²) in [5.41, 5.74) is 1.34. The van der Waals surface area contributed by atoms with Crippen LogP contribution in [0.1, 0.15) is 35.9 Å². The molecule has 0 saturated heterocycles. The molecule has 0 aliphatic carbocycles. The van der Waals surface area contributed by atoms with E-state index in [1.807, 2.05) is 6.92 Å². The molecular weight excluding hydrogens is 234 g/mol. The number of carbonyl (C=O) groups is 2. The van der Waals surface area contributed by atoms with E-state index in [0.717, 1.165) is 12.1 Å². The molecule has 0 unspecified atom stereocenters. The van der Waals surface area contributed by atoms with E-state index in [-0.39, 0.29) is 11.9 Å². The van der Waals surface area contributed by atoms with Gasteiger partial charge in [0.1, 0.15) is 5.69 Å². The summed E-state index contributed by atoms with van der Waals surface area (Å²) in [6.07, 6.45) is 1.71. The number of hydrogen-bond acceptors (Lipinski definition) is 4. The van der Waals surface area contributed by atoms with E-state index >= 15 is 0 Å². The number of methoxy groups -OCH3 is 1. The second-order valence-corrected chi connectivity index (χ2v) is 4.04. The van der Waals surface area contributed by atoms with Gasteiger partial charge in [0, 0.05) is 25.7 Å². The first-order chi connectivity index (χ1) is 8.58. The Hall–Kier alpha value is -1.85. The molecule has 1 amide bonds. The molecule has 6 heteroatoms. The zero-order chi connectivity index (χ0) is 13.5. The van der Waals surface area contributed by atoms with Crippen LogP contribution in [0.5, 0.6) is 0 Å². The highest BCUT2D eigenvalue weighted by molar-refractivity contribution is 5.92. The molecule has 6 nitrogen and oxygen atoms in total. The Labute approximate surface area is 106 Å². The Balaban J connectivity index is 2.43. The lowest BCUT2D eigenvalue weighted by atomic mass is 10.2. The van der Waals surface area contributed by atoms with Crippen LogP contribution in [0.2, 0.25) is 0 Å². The predicted octanol–water partition coefficient (Wildman–Crippen LogP) is 0.997. The zero-order valence-electron chi connectivity index (χ0n) is 11.0. The van der Waals surface area contributed by atoms with Crippen molar-refractivity contribution in [1.29, 1.82) is 0 Å². The van der Waals surface area contributed by atoms with Crippen molar-refractivity contribution in [2.45, 2.75) is 26.2 Å². The maximum atomic E-state index is 11.9. The van der Waals surface area contributed by atoms with Gasteiger partial charge >= 0.3 is 5.97 Å². The number of aromatic nitrogens is 2. The van der Waals surface area contributed by atoms with Crippen molar-refractivity contribution in [3.8, 4) is 0 Å². The number of nitrogens with one attached hydrogen (secondary N) is 1. The molecule has 100 valence electrons. The van der Waals surface area contributed by atoms with E-state index in [9.17, 15) is 9.59 Å². The monoisotopic (exact) mass is 253 g/mol. The van der Waals surface area contributed by atoms with Gasteiger partial charge in [-0.1, -0.05) is 6.92 Å². The molecule has 0 atom stereocenters. The van der Waals surface area contributed by atoms with Gasteiger partial charge in [-0.15, -0.1) is 0 Å². The molecule has 0 spiro atoms. The third kappa shape index (κ3) is 3.87. The van der Waals surface area contributed by atoms with E-state index in [2.05, 4.69) is 14.9 Å². The maximum Gasteiger partial charge on any atom is 0.305 e. The van der Waals surface area contributed by atoms with E-state index in [0.29, 0.717) is 25.1 Å². The minimum Gasteiger partial charge on any atom is -0.469 e.